The van der Waals surface area contributed by atoms with Crippen molar-refractivity contribution in [3.63, 3.8) is 0 Å². The number of nitrogens with zero attached hydrogens (tertiary/aromatic N) is 1. The van der Waals surface area contributed by atoms with Crippen LogP contribution in [0.2, 0.25) is 0 Å². The van der Waals surface area contributed by atoms with E-state index in [0.29, 0.717) is 12.3 Å². The van der Waals surface area contributed by atoms with Crippen molar-refractivity contribution in [1.29, 1.82) is 0 Å². The zero-order valence-electron chi connectivity index (χ0n) is 16.2. The number of hydrogen-bond donors (Lipinski definition) is 1. The fourth-order valence-corrected chi connectivity index (χ4v) is 3.49. The van der Waals surface area contributed by atoms with Crippen LogP contribution in [0, 0.1) is 13.8 Å². The topological polar surface area (TPSA) is 75.7 Å². The van der Waals surface area contributed by atoms with Gasteiger partial charge in [0.25, 0.3) is 5.91 Å². The summed E-state index contributed by atoms with van der Waals surface area (Å²) in [5, 5.41) is 0. The molecule has 2 aromatic carbocycles. The standard InChI is InChI=1S/C20H26N2O4S/c1-5-12-21-27(24,25)19-10-8-18(9-11-19)26-14-20(23)22(4)17-7-6-15(2)16(3)13-17/h6-11,13,21H,5,12,14H2,1-4H3. The van der Waals surface area contributed by atoms with Gasteiger partial charge in [0.1, 0.15) is 5.75 Å². The number of rotatable bonds is 8. The highest BCUT2D eigenvalue weighted by atomic mass is 32.2. The minimum Gasteiger partial charge on any atom is -0.484 e. The molecule has 0 heterocycles. The van der Waals surface area contributed by atoms with E-state index in [4.69, 9.17) is 4.74 Å². The summed E-state index contributed by atoms with van der Waals surface area (Å²) in [6.45, 7) is 6.17. The van der Waals surface area contributed by atoms with Gasteiger partial charge in [-0.3, -0.25) is 4.79 Å². The third kappa shape index (κ3) is 5.55. The smallest absolute Gasteiger partial charge is 0.264 e. The van der Waals surface area contributed by atoms with Crippen LogP contribution in [0.1, 0.15) is 24.5 Å². The second-order valence-corrected chi connectivity index (χ2v) is 8.15. The molecule has 0 aliphatic heterocycles. The van der Waals surface area contributed by atoms with Crippen molar-refractivity contribution in [1.82, 2.24) is 4.72 Å². The summed E-state index contributed by atoms with van der Waals surface area (Å²) in [4.78, 5) is 14.1. The predicted octanol–water partition coefficient (Wildman–Crippen LogP) is 3.03. The van der Waals surface area contributed by atoms with Crippen LogP contribution in [0.3, 0.4) is 0 Å². The Morgan fingerprint density at radius 2 is 1.74 bits per heavy atom. The number of likely N-dealkylation sites (N-methyl/N-ethyl adjacent to an activating group) is 1. The molecule has 6 nitrogen and oxygen atoms in total. The lowest BCUT2D eigenvalue weighted by Gasteiger charge is -2.19. The van der Waals surface area contributed by atoms with Gasteiger partial charge in [-0.15, -0.1) is 0 Å². The van der Waals surface area contributed by atoms with Crippen molar-refractivity contribution in [2.45, 2.75) is 32.1 Å². The van der Waals surface area contributed by atoms with Crippen molar-refractivity contribution in [2.75, 3.05) is 25.1 Å². The Hall–Kier alpha value is -2.38. The molecule has 0 fully saturated rings. The maximum atomic E-state index is 12.4. The normalized spacial score (nSPS) is 11.3. The Bertz CT molecular complexity index is 893. The van der Waals surface area contributed by atoms with Crippen LogP contribution in [-0.2, 0) is 14.8 Å². The quantitative estimate of drug-likeness (QED) is 0.752. The molecule has 2 aromatic rings. The lowest BCUT2D eigenvalue weighted by atomic mass is 10.1. The summed E-state index contributed by atoms with van der Waals surface area (Å²) < 4.78 is 32.1. The van der Waals surface area contributed by atoms with E-state index in [1.54, 1.807) is 24.1 Å². The van der Waals surface area contributed by atoms with E-state index in [0.717, 1.165) is 17.7 Å². The fraction of sp³-hybridized carbons (Fsp3) is 0.350. The van der Waals surface area contributed by atoms with Crippen LogP contribution in [0.25, 0.3) is 0 Å². The van der Waals surface area contributed by atoms with Gasteiger partial charge in [-0.05, 0) is 67.8 Å². The first kappa shape index (κ1) is 20.9. The maximum Gasteiger partial charge on any atom is 0.264 e. The van der Waals surface area contributed by atoms with Crippen molar-refractivity contribution in [3.8, 4) is 5.75 Å². The van der Waals surface area contributed by atoms with Gasteiger partial charge in [-0.2, -0.15) is 0 Å². The summed E-state index contributed by atoms with van der Waals surface area (Å²) in [6, 6.07) is 11.8. The van der Waals surface area contributed by atoms with Crippen molar-refractivity contribution < 1.29 is 17.9 Å². The maximum absolute atomic E-state index is 12.4. The SMILES string of the molecule is CCCNS(=O)(=O)c1ccc(OCC(=O)N(C)c2ccc(C)c(C)c2)cc1. The van der Waals surface area contributed by atoms with Crippen LogP contribution < -0.4 is 14.4 Å². The summed E-state index contributed by atoms with van der Waals surface area (Å²) in [5.74, 6) is 0.242. The highest BCUT2D eigenvalue weighted by Crippen LogP contribution is 2.19. The van der Waals surface area contributed by atoms with Crippen molar-refractivity contribution >= 4 is 21.6 Å². The van der Waals surface area contributed by atoms with Gasteiger partial charge in [0.2, 0.25) is 10.0 Å². The van der Waals surface area contributed by atoms with Crippen LogP contribution >= 0.6 is 0 Å². The fourth-order valence-electron chi connectivity index (χ4n) is 2.35. The largest absolute Gasteiger partial charge is 0.484 e. The zero-order chi connectivity index (χ0) is 20.0. The van der Waals surface area contributed by atoms with Gasteiger partial charge in [-0.1, -0.05) is 13.0 Å². The summed E-state index contributed by atoms with van der Waals surface area (Å²) in [6.07, 6.45) is 0.719. The number of carbonyl (C=O) groups is 1. The van der Waals surface area contributed by atoms with E-state index >= 15 is 0 Å². The molecule has 0 atom stereocenters. The number of amides is 1. The molecule has 0 unspecified atom stereocenters. The highest BCUT2D eigenvalue weighted by Gasteiger charge is 2.14. The van der Waals surface area contributed by atoms with Gasteiger partial charge in [0.15, 0.2) is 6.61 Å². The van der Waals surface area contributed by atoms with Gasteiger partial charge in [0, 0.05) is 19.3 Å². The molecule has 0 saturated heterocycles. The molecular formula is C20H26N2O4S. The molecule has 0 bridgehead atoms. The molecule has 0 aliphatic carbocycles. The number of benzene rings is 2. The predicted molar refractivity (Wildman–Crippen MR) is 107 cm³/mol. The minimum atomic E-state index is -3.51. The van der Waals surface area contributed by atoms with Crippen LogP contribution in [-0.4, -0.2) is 34.5 Å². The van der Waals surface area contributed by atoms with Gasteiger partial charge < -0.3 is 9.64 Å². The van der Waals surface area contributed by atoms with Gasteiger partial charge in [-0.25, -0.2) is 13.1 Å². The summed E-state index contributed by atoms with van der Waals surface area (Å²) >= 11 is 0. The monoisotopic (exact) mass is 390 g/mol. The average molecular weight is 391 g/mol. The molecule has 0 radical (unpaired) electrons. The first-order chi connectivity index (χ1) is 12.7. The Balaban J connectivity index is 1.97. The second kappa shape index (κ2) is 9.01. The minimum absolute atomic E-state index is 0.135. The molecule has 146 valence electrons. The lowest BCUT2D eigenvalue weighted by molar-refractivity contribution is -0.120. The first-order valence-electron chi connectivity index (χ1n) is 8.81. The number of aryl methyl sites for hydroxylation is 2. The Kier molecular flexibility index (Phi) is 6.98. The molecule has 27 heavy (non-hydrogen) atoms. The van der Waals surface area contributed by atoms with Crippen molar-refractivity contribution in [3.05, 3.63) is 53.6 Å². The average Bonchev–Trinajstić information content (AvgIpc) is 2.66. The number of sulfonamides is 1. The van der Waals surface area contributed by atoms with Crippen LogP contribution in [0.15, 0.2) is 47.4 Å². The van der Waals surface area contributed by atoms with E-state index in [1.807, 2.05) is 39.0 Å². The van der Waals surface area contributed by atoms with Gasteiger partial charge >= 0.3 is 0 Å². The molecule has 0 spiro atoms. The molecule has 0 saturated carbocycles. The van der Waals surface area contributed by atoms with E-state index in [9.17, 15) is 13.2 Å². The van der Waals surface area contributed by atoms with E-state index < -0.39 is 10.0 Å². The Labute approximate surface area is 161 Å². The first-order valence-corrected chi connectivity index (χ1v) is 10.3. The summed E-state index contributed by atoms with van der Waals surface area (Å²) in [7, 11) is -1.81. The Morgan fingerprint density at radius 1 is 1.07 bits per heavy atom. The Morgan fingerprint density at radius 3 is 2.33 bits per heavy atom. The molecule has 7 heteroatoms. The molecule has 2 rings (SSSR count). The highest BCUT2D eigenvalue weighted by molar-refractivity contribution is 7.89. The van der Waals surface area contributed by atoms with Crippen molar-refractivity contribution in [2.24, 2.45) is 0 Å². The molecule has 1 N–H and O–H groups in total. The second-order valence-electron chi connectivity index (χ2n) is 6.38. The molecule has 0 aliphatic rings. The number of ether oxygens (including phenoxy) is 1. The van der Waals surface area contributed by atoms with Crippen LogP contribution in [0.5, 0.6) is 5.75 Å². The van der Waals surface area contributed by atoms with E-state index in [2.05, 4.69) is 4.72 Å². The number of carbonyl (C=O) groups excluding carboxylic acids is 1. The molecular weight excluding hydrogens is 364 g/mol. The zero-order valence-corrected chi connectivity index (χ0v) is 17.0. The molecule has 0 aromatic heterocycles. The number of anilines is 1. The van der Waals surface area contributed by atoms with Gasteiger partial charge in [0.05, 0.1) is 4.90 Å². The molecule has 1 amide bonds. The van der Waals surface area contributed by atoms with Crippen LogP contribution in [0.4, 0.5) is 5.69 Å². The number of nitrogens with one attached hydrogen (secondary N) is 1. The lowest BCUT2D eigenvalue weighted by Crippen LogP contribution is -2.31. The van der Waals surface area contributed by atoms with E-state index in [1.165, 1.54) is 17.7 Å². The third-order valence-electron chi connectivity index (χ3n) is 4.29. The number of hydrogen-bond acceptors (Lipinski definition) is 4. The van der Waals surface area contributed by atoms with E-state index in [-0.39, 0.29) is 17.4 Å². The third-order valence-corrected chi connectivity index (χ3v) is 5.77. The summed E-state index contributed by atoms with van der Waals surface area (Å²) in [5.41, 5.74) is 3.08.